The minimum atomic E-state index is -5.08. The molecule has 140 valence electrons. The SMILES string of the molecule is [2H]C1(c2ccc(C(=O)O)cc2)OC(N)=C(OS(=O)(=O)C([2H])([2H])c2ccccc2)C1=O. The molecule has 1 aliphatic heterocycles. The van der Waals surface area contributed by atoms with Crippen molar-refractivity contribution in [1.29, 1.82) is 0 Å². The number of hydrogen-bond donors (Lipinski definition) is 2. The second kappa shape index (κ2) is 7.12. The van der Waals surface area contributed by atoms with Crippen molar-refractivity contribution in [2.45, 2.75) is 11.8 Å². The number of carbonyl (C=O) groups excluding carboxylic acids is 1. The Morgan fingerprint density at radius 2 is 1.85 bits per heavy atom. The normalized spacial score (nSPS) is 21.8. The summed E-state index contributed by atoms with van der Waals surface area (Å²) in [7, 11) is -5.08. The molecule has 1 aliphatic rings. The van der Waals surface area contributed by atoms with Gasteiger partial charge in [0.1, 0.15) is 5.70 Å². The van der Waals surface area contributed by atoms with E-state index in [1.54, 1.807) is 6.07 Å². The highest BCUT2D eigenvalue weighted by molar-refractivity contribution is 7.86. The molecule has 1 heterocycles. The number of nitrogens with two attached hydrogens (primary N) is 1. The largest absolute Gasteiger partial charge is 0.478 e. The minimum absolute atomic E-state index is 0.108. The number of ether oxygens (including phenoxy) is 1. The second-order valence-corrected chi connectivity index (χ2v) is 6.62. The first-order chi connectivity index (χ1) is 13.9. The fourth-order valence-electron chi connectivity index (χ4n) is 2.23. The first-order valence-electron chi connectivity index (χ1n) is 8.97. The average molecular weight is 392 g/mol. The lowest BCUT2D eigenvalue weighted by atomic mass is 10.0. The smallest absolute Gasteiger partial charge is 0.335 e. The maximum absolute atomic E-state index is 12.7. The quantitative estimate of drug-likeness (QED) is 0.710. The fourth-order valence-corrected chi connectivity index (χ4v) is 3.08. The molecular weight excluding hydrogens is 374 g/mol. The molecule has 0 aromatic heterocycles. The van der Waals surface area contributed by atoms with Crippen molar-refractivity contribution in [2.24, 2.45) is 5.73 Å². The number of Topliss-reactive ketones (excluding diaryl/α,β-unsaturated/α-hetero) is 1. The van der Waals surface area contributed by atoms with Crippen molar-refractivity contribution < 1.29 is 36.1 Å². The molecule has 0 aliphatic carbocycles. The summed E-state index contributed by atoms with van der Waals surface area (Å²) in [5.74, 6) is -4.36. The molecule has 1 atom stereocenters. The number of hydrogen-bond acceptors (Lipinski definition) is 7. The Labute approximate surface area is 159 Å². The lowest BCUT2D eigenvalue weighted by molar-refractivity contribution is -0.123. The number of rotatable bonds is 6. The van der Waals surface area contributed by atoms with Crippen LogP contribution in [0, 0.1) is 0 Å². The van der Waals surface area contributed by atoms with Gasteiger partial charge in [-0.25, -0.2) is 4.79 Å². The van der Waals surface area contributed by atoms with Crippen LogP contribution in [0.15, 0.2) is 66.2 Å². The topological polar surface area (TPSA) is 133 Å². The molecule has 0 amide bonds. The number of ketones is 1. The molecule has 0 saturated heterocycles. The van der Waals surface area contributed by atoms with Crippen LogP contribution in [0.4, 0.5) is 0 Å². The van der Waals surface area contributed by atoms with Gasteiger partial charge in [-0.2, -0.15) is 8.42 Å². The molecule has 0 bridgehead atoms. The van der Waals surface area contributed by atoms with Crippen molar-refractivity contribution in [3.05, 3.63) is 82.9 Å². The monoisotopic (exact) mass is 392 g/mol. The summed E-state index contributed by atoms with van der Waals surface area (Å²) in [4.78, 5) is 23.7. The summed E-state index contributed by atoms with van der Waals surface area (Å²) >= 11 is 0. The van der Waals surface area contributed by atoms with Gasteiger partial charge in [0.05, 0.1) is 9.68 Å². The molecular formula is C18H15NO7S. The summed E-state index contributed by atoms with van der Waals surface area (Å²) in [5.41, 5.74) is 2.06. The van der Waals surface area contributed by atoms with Gasteiger partial charge < -0.3 is 19.8 Å². The summed E-state index contributed by atoms with van der Waals surface area (Å²) in [6.07, 6.45) is -2.52. The maximum Gasteiger partial charge on any atom is 0.335 e. The van der Waals surface area contributed by atoms with E-state index in [4.69, 9.17) is 19.7 Å². The van der Waals surface area contributed by atoms with Crippen molar-refractivity contribution in [2.75, 3.05) is 0 Å². The Bertz CT molecular complexity index is 1150. The summed E-state index contributed by atoms with van der Waals surface area (Å²) in [5, 5.41) is 8.94. The van der Waals surface area contributed by atoms with Crippen LogP contribution in [0.25, 0.3) is 0 Å². The highest BCUT2D eigenvalue weighted by atomic mass is 32.2. The van der Waals surface area contributed by atoms with Crippen molar-refractivity contribution in [3.63, 3.8) is 0 Å². The molecule has 0 saturated carbocycles. The van der Waals surface area contributed by atoms with Crippen LogP contribution < -0.4 is 5.73 Å². The Hall–Kier alpha value is -3.33. The van der Waals surface area contributed by atoms with E-state index in [9.17, 15) is 18.0 Å². The standard InChI is InChI=1S/C18H15NO7S/c19-17-16(26-27(23,24)10-11-4-2-1-3-5-11)14(20)15(25-17)12-6-8-13(9-7-12)18(21)22/h1-9,15H,10,19H2,(H,21,22)/i10D2,15D. The Kier molecular flexibility index (Phi) is 3.90. The Morgan fingerprint density at radius 1 is 1.22 bits per heavy atom. The van der Waals surface area contributed by atoms with Crippen LogP contribution in [0.2, 0.25) is 0 Å². The fraction of sp³-hybridized carbons (Fsp3) is 0.111. The van der Waals surface area contributed by atoms with Gasteiger partial charge in [-0.15, -0.1) is 0 Å². The van der Waals surface area contributed by atoms with Crippen molar-refractivity contribution in [1.82, 2.24) is 0 Å². The predicted octanol–water partition coefficient (Wildman–Crippen LogP) is 1.70. The zero-order valence-corrected chi connectivity index (χ0v) is 14.4. The molecule has 27 heavy (non-hydrogen) atoms. The molecule has 0 radical (unpaired) electrons. The number of carbonyl (C=O) groups is 2. The highest BCUT2D eigenvalue weighted by Crippen LogP contribution is 2.32. The number of carboxylic acid groups (broad SMARTS) is 1. The molecule has 0 spiro atoms. The third kappa shape index (κ3) is 4.09. The molecule has 3 rings (SSSR count). The van der Waals surface area contributed by atoms with E-state index in [2.05, 4.69) is 4.18 Å². The van der Waals surface area contributed by atoms with Crippen molar-refractivity contribution in [3.8, 4) is 0 Å². The number of benzene rings is 2. The third-order valence-corrected chi connectivity index (χ3v) is 4.32. The summed E-state index contributed by atoms with van der Waals surface area (Å²) < 4.78 is 59.0. The molecule has 2 aromatic rings. The van der Waals surface area contributed by atoms with Gasteiger partial charge in [0.25, 0.3) is 0 Å². The van der Waals surface area contributed by atoms with E-state index in [1.807, 2.05) is 0 Å². The van der Waals surface area contributed by atoms with E-state index >= 15 is 0 Å². The van der Waals surface area contributed by atoms with E-state index in [-0.39, 0.29) is 16.7 Å². The Balaban J connectivity index is 1.91. The van der Waals surface area contributed by atoms with Gasteiger partial charge in [0, 0.05) is 5.56 Å². The zero-order chi connectivity index (χ0) is 22.3. The first-order valence-corrected chi connectivity index (χ1v) is 8.88. The summed E-state index contributed by atoms with van der Waals surface area (Å²) in [6.45, 7) is 0. The van der Waals surface area contributed by atoms with Crippen molar-refractivity contribution >= 4 is 21.9 Å². The van der Waals surface area contributed by atoms with Gasteiger partial charge in [-0.1, -0.05) is 42.5 Å². The maximum atomic E-state index is 12.7. The van der Waals surface area contributed by atoms with Gasteiger partial charge in [-0.3, -0.25) is 4.79 Å². The van der Waals surface area contributed by atoms with Crippen LogP contribution in [-0.2, 0) is 29.5 Å². The third-order valence-electron chi connectivity index (χ3n) is 3.45. The van der Waals surface area contributed by atoms with E-state index in [1.165, 1.54) is 24.3 Å². The number of aromatic carboxylic acids is 1. The average Bonchev–Trinajstić information content (AvgIpc) is 2.92. The molecule has 0 fully saturated rings. The predicted molar refractivity (Wildman–Crippen MR) is 93.6 cm³/mol. The zero-order valence-electron chi connectivity index (χ0n) is 16.6. The first kappa shape index (κ1) is 14.8. The molecule has 2 aromatic carbocycles. The highest BCUT2D eigenvalue weighted by Gasteiger charge is 2.39. The lowest BCUT2D eigenvalue weighted by Crippen LogP contribution is -2.16. The molecule has 9 heteroatoms. The Morgan fingerprint density at radius 3 is 2.44 bits per heavy atom. The van der Waals surface area contributed by atoms with Gasteiger partial charge in [-0.05, 0) is 17.7 Å². The van der Waals surface area contributed by atoms with Crippen LogP contribution >= 0.6 is 0 Å². The van der Waals surface area contributed by atoms with Crippen LogP contribution in [0.5, 0.6) is 0 Å². The van der Waals surface area contributed by atoms with Crippen LogP contribution in [0.3, 0.4) is 0 Å². The van der Waals surface area contributed by atoms with Gasteiger partial charge >= 0.3 is 16.1 Å². The van der Waals surface area contributed by atoms with Gasteiger partial charge in [0.2, 0.25) is 17.4 Å². The second-order valence-electron chi connectivity index (χ2n) is 5.34. The van der Waals surface area contributed by atoms with E-state index in [0.717, 1.165) is 24.3 Å². The van der Waals surface area contributed by atoms with Gasteiger partial charge in [0.15, 0.2) is 6.08 Å². The van der Waals surface area contributed by atoms with Crippen LogP contribution in [0.1, 0.15) is 31.7 Å². The lowest BCUT2D eigenvalue weighted by Gasteiger charge is -2.10. The molecule has 8 nitrogen and oxygen atoms in total. The molecule has 1 unspecified atom stereocenters. The van der Waals surface area contributed by atoms with E-state index in [0.29, 0.717) is 0 Å². The minimum Gasteiger partial charge on any atom is -0.478 e. The van der Waals surface area contributed by atoms with Crippen LogP contribution in [-0.4, -0.2) is 25.3 Å². The summed E-state index contributed by atoms with van der Waals surface area (Å²) in [6, 6.07) is 11.4. The number of carboxylic acids is 1. The van der Waals surface area contributed by atoms with E-state index < -0.39 is 45.3 Å². The molecule has 3 N–H and O–H groups in total.